The summed E-state index contributed by atoms with van der Waals surface area (Å²) in [5.74, 6) is -0.331. The number of ether oxygens (including phenoxy) is 2. The molecule has 2 N–H and O–H groups in total. The summed E-state index contributed by atoms with van der Waals surface area (Å²) < 4.78 is 10.6. The lowest BCUT2D eigenvalue weighted by atomic mass is 10.1. The average Bonchev–Trinajstić information content (AvgIpc) is 2.30. The van der Waals surface area contributed by atoms with Crippen molar-refractivity contribution in [3.63, 3.8) is 0 Å². The van der Waals surface area contributed by atoms with E-state index in [9.17, 15) is 4.79 Å². The highest BCUT2D eigenvalue weighted by Gasteiger charge is 2.19. The van der Waals surface area contributed by atoms with Crippen molar-refractivity contribution in [1.29, 1.82) is 0 Å². The van der Waals surface area contributed by atoms with E-state index in [-0.39, 0.29) is 12.1 Å². The summed E-state index contributed by atoms with van der Waals surface area (Å²) >= 11 is 0. The molecule has 4 heteroatoms. The van der Waals surface area contributed by atoms with E-state index in [1.54, 1.807) is 24.3 Å². The summed E-state index contributed by atoms with van der Waals surface area (Å²) in [6.07, 6.45) is 1.69. The Hall–Kier alpha value is -1.55. The van der Waals surface area contributed by atoms with E-state index in [4.69, 9.17) is 15.2 Å². The van der Waals surface area contributed by atoms with Gasteiger partial charge in [-0.3, -0.25) is 0 Å². The summed E-state index contributed by atoms with van der Waals surface area (Å²) in [6.45, 7) is 1.25. The molecule has 1 aliphatic heterocycles. The first kappa shape index (κ1) is 11.0. The van der Waals surface area contributed by atoms with Gasteiger partial charge in [0.15, 0.2) is 0 Å². The van der Waals surface area contributed by atoms with Gasteiger partial charge in [-0.15, -0.1) is 0 Å². The van der Waals surface area contributed by atoms with Crippen molar-refractivity contribution in [1.82, 2.24) is 0 Å². The fourth-order valence-electron chi connectivity index (χ4n) is 1.69. The van der Waals surface area contributed by atoms with Crippen molar-refractivity contribution in [3.8, 4) is 0 Å². The Balaban J connectivity index is 1.97. The molecular weight excluding hydrogens is 206 g/mol. The van der Waals surface area contributed by atoms with E-state index >= 15 is 0 Å². The highest BCUT2D eigenvalue weighted by Crippen LogP contribution is 2.14. The number of benzene rings is 1. The number of hydrogen-bond acceptors (Lipinski definition) is 4. The molecule has 0 spiro atoms. The van der Waals surface area contributed by atoms with Crippen LogP contribution in [0.5, 0.6) is 0 Å². The van der Waals surface area contributed by atoms with E-state index in [1.807, 2.05) is 0 Å². The second kappa shape index (κ2) is 4.99. The second-order valence-electron chi connectivity index (χ2n) is 3.87. The van der Waals surface area contributed by atoms with Crippen molar-refractivity contribution >= 4 is 11.7 Å². The lowest BCUT2D eigenvalue weighted by Crippen LogP contribution is -2.28. The maximum Gasteiger partial charge on any atom is 0.338 e. The lowest BCUT2D eigenvalue weighted by molar-refractivity contribution is -0.0305. The van der Waals surface area contributed by atoms with Crippen molar-refractivity contribution < 1.29 is 14.3 Å². The minimum atomic E-state index is -0.331. The SMILES string of the molecule is Nc1cccc(C(=O)OC2CCCOC2)c1. The number of carbonyl (C=O) groups excluding carboxylic acids is 1. The van der Waals surface area contributed by atoms with E-state index in [1.165, 1.54) is 0 Å². The molecule has 0 amide bonds. The molecular formula is C12H15NO3. The molecule has 0 saturated carbocycles. The van der Waals surface area contributed by atoms with Crippen LogP contribution >= 0.6 is 0 Å². The van der Waals surface area contributed by atoms with Gasteiger partial charge in [-0.25, -0.2) is 4.79 Å². The predicted octanol–water partition coefficient (Wildman–Crippen LogP) is 1.60. The van der Waals surface area contributed by atoms with Crippen LogP contribution in [-0.4, -0.2) is 25.3 Å². The van der Waals surface area contributed by atoms with E-state index in [0.29, 0.717) is 17.9 Å². The zero-order chi connectivity index (χ0) is 11.4. The van der Waals surface area contributed by atoms with Crippen LogP contribution in [0, 0.1) is 0 Å². The van der Waals surface area contributed by atoms with Gasteiger partial charge in [0.25, 0.3) is 0 Å². The zero-order valence-corrected chi connectivity index (χ0v) is 9.02. The molecule has 1 aromatic rings. The monoisotopic (exact) mass is 221 g/mol. The molecule has 0 radical (unpaired) electrons. The predicted molar refractivity (Wildman–Crippen MR) is 60.1 cm³/mol. The van der Waals surface area contributed by atoms with Gasteiger partial charge in [0, 0.05) is 12.3 Å². The van der Waals surface area contributed by atoms with Crippen LogP contribution in [0.3, 0.4) is 0 Å². The first-order valence-electron chi connectivity index (χ1n) is 5.40. The summed E-state index contributed by atoms with van der Waals surface area (Å²) in [6, 6.07) is 6.79. The number of hydrogen-bond donors (Lipinski definition) is 1. The molecule has 1 atom stereocenters. The number of rotatable bonds is 2. The van der Waals surface area contributed by atoms with Crippen LogP contribution < -0.4 is 5.73 Å². The van der Waals surface area contributed by atoms with Crippen molar-refractivity contribution in [2.45, 2.75) is 18.9 Å². The fourth-order valence-corrected chi connectivity index (χ4v) is 1.69. The van der Waals surface area contributed by atoms with Gasteiger partial charge in [-0.1, -0.05) is 6.07 Å². The third-order valence-corrected chi connectivity index (χ3v) is 2.51. The minimum absolute atomic E-state index is 0.123. The summed E-state index contributed by atoms with van der Waals surface area (Å²) in [4.78, 5) is 11.7. The molecule has 0 bridgehead atoms. The number of esters is 1. The van der Waals surface area contributed by atoms with Crippen molar-refractivity contribution in [3.05, 3.63) is 29.8 Å². The summed E-state index contributed by atoms with van der Waals surface area (Å²) in [5, 5.41) is 0. The fraction of sp³-hybridized carbons (Fsp3) is 0.417. The highest BCUT2D eigenvalue weighted by atomic mass is 16.6. The third-order valence-electron chi connectivity index (χ3n) is 2.51. The molecule has 16 heavy (non-hydrogen) atoms. The van der Waals surface area contributed by atoms with Crippen molar-refractivity contribution in [2.75, 3.05) is 18.9 Å². The van der Waals surface area contributed by atoms with Gasteiger partial charge < -0.3 is 15.2 Å². The van der Waals surface area contributed by atoms with Gasteiger partial charge in [0.2, 0.25) is 0 Å². The third kappa shape index (κ3) is 2.73. The largest absolute Gasteiger partial charge is 0.456 e. The number of nitrogens with two attached hydrogens (primary N) is 1. The molecule has 1 fully saturated rings. The van der Waals surface area contributed by atoms with Gasteiger partial charge in [0.1, 0.15) is 6.10 Å². The van der Waals surface area contributed by atoms with Crippen LogP contribution in [-0.2, 0) is 9.47 Å². The normalized spacial score (nSPS) is 20.4. The van der Waals surface area contributed by atoms with Gasteiger partial charge in [-0.05, 0) is 31.0 Å². The van der Waals surface area contributed by atoms with E-state index in [2.05, 4.69) is 0 Å². The van der Waals surface area contributed by atoms with Crippen LogP contribution in [0.1, 0.15) is 23.2 Å². The molecule has 2 rings (SSSR count). The lowest BCUT2D eigenvalue weighted by Gasteiger charge is -2.22. The maximum absolute atomic E-state index is 11.7. The molecule has 1 heterocycles. The molecule has 0 aromatic heterocycles. The molecule has 86 valence electrons. The first-order valence-corrected chi connectivity index (χ1v) is 5.40. The quantitative estimate of drug-likeness (QED) is 0.608. The van der Waals surface area contributed by atoms with Gasteiger partial charge in [0.05, 0.1) is 12.2 Å². The van der Waals surface area contributed by atoms with Crippen LogP contribution in [0.4, 0.5) is 5.69 Å². The Labute approximate surface area is 94.3 Å². The molecule has 4 nitrogen and oxygen atoms in total. The summed E-state index contributed by atoms with van der Waals surface area (Å²) in [5.41, 5.74) is 6.65. The van der Waals surface area contributed by atoms with Crippen LogP contribution in [0.2, 0.25) is 0 Å². The Kier molecular flexibility index (Phi) is 3.41. The Bertz CT molecular complexity index is 372. The molecule has 1 aliphatic rings. The molecule has 1 unspecified atom stereocenters. The van der Waals surface area contributed by atoms with Crippen LogP contribution in [0.15, 0.2) is 24.3 Å². The number of nitrogen functional groups attached to an aromatic ring is 1. The van der Waals surface area contributed by atoms with Gasteiger partial charge >= 0.3 is 5.97 Å². The van der Waals surface area contributed by atoms with Crippen molar-refractivity contribution in [2.24, 2.45) is 0 Å². The Morgan fingerprint density at radius 1 is 1.50 bits per heavy atom. The highest BCUT2D eigenvalue weighted by molar-refractivity contribution is 5.90. The molecule has 1 aromatic carbocycles. The minimum Gasteiger partial charge on any atom is -0.456 e. The second-order valence-corrected chi connectivity index (χ2v) is 3.87. The average molecular weight is 221 g/mol. The summed E-state index contributed by atoms with van der Waals surface area (Å²) in [7, 11) is 0. The topological polar surface area (TPSA) is 61.6 Å². The van der Waals surface area contributed by atoms with E-state index in [0.717, 1.165) is 19.4 Å². The van der Waals surface area contributed by atoms with Gasteiger partial charge in [-0.2, -0.15) is 0 Å². The Morgan fingerprint density at radius 2 is 2.38 bits per heavy atom. The zero-order valence-electron chi connectivity index (χ0n) is 9.02. The smallest absolute Gasteiger partial charge is 0.338 e. The maximum atomic E-state index is 11.7. The molecule has 1 saturated heterocycles. The van der Waals surface area contributed by atoms with E-state index < -0.39 is 0 Å². The molecule has 0 aliphatic carbocycles. The van der Waals surface area contributed by atoms with Crippen LogP contribution in [0.25, 0.3) is 0 Å². The first-order chi connectivity index (χ1) is 7.75. The Morgan fingerprint density at radius 3 is 3.06 bits per heavy atom. The number of anilines is 1. The number of carbonyl (C=O) groups is 1. The standard InChI is InChI=1S/C12H15NO3/c13-10-4-1-3-9(7-10)12(14)16-11-5-2-6-15-8-11/h1,3-4,7,11H,2,5-6,8,13H2.